The maximum absolute atomic E-state index is 13.7. The molecule has 3 aromatic rings. The Morgan fingerprint density at radius 3 is 2.24 bits per heavy atom. The quantitative estimate of drug-likeness (QED) is 0.619. The molecule has 2 aliphatic heterocycles. The summed E-state index contributed by atoms with van der Waals surface area (Å²) in [4.78, 5) is 18.9. The van der Waals surface area contributed by atoms with Gasteiger partial charge in [0.2, 0.25) is 0 Å². The molecule has 0 spiro atoms. The molecule has 33 heavy (non-hydrogen) atoms. The maximum atomic E-state index is 13.7. The van der Waals surface area contributed by atoms with Crippen LogP contribution in [0, 0.1) is 5.82 Å². The largest absolute Gasteiger partial charge is 0.448 e. The topological polar surface area (TPSA) is 62.7 Å². The van der Waals surface area contributed by atoms with E-state index in [0.717, 1.165) is 19.0 Å². The number of amides is 1. The molecule has 6 rings (SSSR count). The average Bonchev–Trinajstić information content (AvgIpc) is 3.30. The Morgan fingerprint density at radius 1 is 1.03 bits per heavy atom. The van der Waals surface area contributed by atoms with Crippen LogP contribution in [-0.2, 0) is 10.3 Å². The number of aromatic nitrogens is 1. The van der Waals surface area contributed by atoms with Crippen molar-refractivity contribution in [3.63, 3.8) is 0 Å². The molecule has 6 heteroatoms. The lowest BCUT2D eigenvalue weighted by Crippen LogP contribution is -2.52. The monoisotopic (exact) mass is 444 g/mol. The molecule has 3 heterocycles. The van der Waals surface area contributed by atoms with Gasteiger partial charge in [-0.1, -0.05) is 48.5 Å². The molecular weight excluding hydrogens is 419 g/mol. The predicted molar refractivity (Wildman–Crippen MR) is 121 cm³/mol. The van der Waals surface area contributed by atoms with Gasteiger partial charge in [0.05, 0.1) is 11.8 Å². The second-order valence-corrected chi connectivity index (χ2v) is 9.43. The molecule has 1 N–H and O–H groups in total. The van der Waals surface area contributed by atoms with Crippen molar-refractivity contribution >= 4 is 6.09 Å². The summed E-state index contributed by atoms with van der Waals surface area (Å²) in [6.45, 7) is 0.279. The third kappa shape index (κ3) is 3.32. The van der Waals surface area contributed by atoms with Gasteiger partial charge in [-0.3, -0.25) is 4.98 Å². The Bertz CT molecular complexity index is 1170. The van der Waals surface area contributed by atoms with Crippen molar-refractivity contribution in [2.75, 3.05) is 6.61 Å². The van der Waals surface area contributed by atoms with E-state index >= 15 is 0 Å². The number of piperidine rings is 1. The molecule has 5 nitrogen and oxygen atoms in total. The van der Waals surface area contributed by atoms with E-state index in [1.54, 1.807) is 4.90 Å². The van der Waals surface area contributed by atoms with Gasteiger partial charge in [0.15, 0.2) is 0 Å². The lowest BCUT2D eigenvalue weighted by molar-refractivity contribution is -0.0535. The number of aliphatic hydroxyl groups is 1. The highest BCUT2D eigenvalue weighted by Gasteiger charge is 2.51. The van der Waals surface area contributed by atoms with E-state index in [9.17, 15) is 14.3 Å². The zero-order valence-corrected chi connectivity index (χ0v) is 18.2. The van der Waals surface area contributed by atoms with E-state index in [4.69, 9.17) is 4.74 Å². The molecule has 168 valence electrons. The summed E-state index contributed by atoms with van der Waals surface area (Å²) in [5.41, 5.74) is 4.05. The number of rotatable bonds is 3. The summed E-state index contributed by atoms with van der Waals surface area (Å²) in [6.07, 6.45) is 4.65. The fraction of sp³-hybridized carbons (Fsp3) is 0.333. The molecule has 2 atom stereocenters. The van der Waals surface area contributed by atoms with Crippen LogP contribution in [-0.4, -0.2) is 39.8 Å². The molecule has 1 aromatic heterocycles. The van der Waals surface area contributed by atoms with Crippen molar-refractivity contribution in [1.29, 1.82) is 0 Å². The van der Waals surface area contributed by atoms with E-state index in [0.29, 0.717) is 18.4 Å². The molecule has 0 radical (unpaired) electrons. The zero-order valence-electron chi connectivity index (χ0n) is 18.2. The third-order valence-electron chi connectivity index (χ3n) is 7.56. The minimum atomic E-state index is -1.18. The summed E-state index contributed by atoms with van der Waals surface area (Å²) < 4.78 is 19.6. The smallest absolute Gasteiger partial charge is 0.410 e. The van der Waals surface area contributed by atoms with E-state index in [1.165, 1.54) is 34.5 Å². The first-order chi connectivity index (χ1) is 16.0. The normalized spacial score (nSPS) is 25.6. The average molecular weight is 445 g/mol. The Balaban J connectivity index is 1.19. The van der Waals surface area contributed by atoms with Gasteiger partial charge in [-0.15, -0.1) is 0 Å². The van der Waals surface area contributed by atoms with Gasteiger partial charge in [-0.2, -0.15) is 0 Å². The van der Waals surface area contributed by atoms with E-state index in [-0.39, 0.29) is 30.7 Å². The summed E-state index contributed by atoms with van der Waals surface area (Å²) in [6, 6.07) is 17.6. The standard InChI is InChI=1S/C27H25FN2O3/c28-18-11-17(14-29-15-18)27(32)12-19-9-10-20(13-27)30(19)26(31)33-16-25-23-7-3-1-5-21(23)22-6-2-4-8-24(22)25/h1-8,11,14-15,19-20,25,32H,9-10,12-13,16H2. The maximum Gasteiger partial charge on any atom is 0.410 e. The molecule has 1 aliphatic carbocycles. The number of carbonyl (C=O) groups is 1. The van der Waals surface area contributed by atoms with Crippen molar-refractivity contribution in [1.82, 2.24) is 9.88 Å². The van der Waals surface area contributed by atoms with E-state index < -0.39 is 11.4 Å². The Kier molecular flexibility index (Phi) is 4.73. The number of nitrogens with zero attached hydrogens (tertiary/aromatic N) is 2. The van der Waals surface area contributed by atoms with Crippen molar-refractivity contribution in [2.24, 2.45) is 0 Å². The summed E-state index contributed by atoms with van der Waals surface area (Å²) >= 11 is 0. The summed E-state index contributed by atoms with van der Waals surface area (Å²) in [7, 11) is 0. The Labute approximate surface area is 191 Å². The number of carbonyl (C=O) groups excluding carboxylic acids is 1. The predicted octanol–water partition coefficient (Wildman–Crippen LogP) is 4.98. The molecule has 3 aliphatic rings. The minimum Gasteiger partial charge on any atom is -0.448 e. The number of hydrogen-bond acceptors (Lipinski definition) is 4. The third-order valence-corrected chi connectivity index (χ3v) is 7.56. The van der Waals surface area contributed by atoms with Crippen LogP contribution in [0.25, 0.3) is 11.1 Å². The first kappa shape index (κ1) is 20.4. The van der Waals surface area contributed by atoms with Gasteiger partial charge in [0.25, 0.3) is 0 Å². The van der Waals surface area contributed by atoms with E-state index in [1.807, 2.05) is 24.3 Å². The van der Waals surface area contributed by atoms with Crippen molar-refractivity contribution < 1.29 is 19.0 Å². The molecule has 2 bridgehead atoms. The lowest BCUT2D eigenvalue weighted by atomic mass is 9.81. The first-order valence-corrected chi connectivity index (χ1v) is 11.5. The van der Waals surface area contributed by atoms with Crippen molar-refractivity contribution in [3.05, 3.63) is 89.5 Å². The van der Waals surface area contributed by atoms with Crippen molar-refractivity contribution in [2.45, 2.75) is 49.3 Å². The number of ether oxygens (including phenoxy) is 1. The van der Waals surface area contributed by atoms with Crippen LogP contribution in [0.15, 0.2) is 67.0 Å². The lowest BCUT2D eigenvalue weighted by Gasteiger charge is -2.43. The Hall–Kier alpha value is -3.25. The van der Waals surface area contributed by atoms with Crippen LogP contribution in [0.1, 0.15) is 48.3 Å². The highest BCUT2D eigenvalue weighted by molar-refractivity contribution is 5.79. The molecule has 2 unspecified atom stereocenters. The van der Waals surface area contributed by atoms with Crippen LogP contribution < -0.4 is 0 Å². The molecule has 0 saturated carbocycles. The number of benzene rings is 2. The molecule has 2 fully saturated rings. The van der Waals surface area contributed by atoms with Crippen LogP contribution >= 0.6 is 0 Å². The summed E-state index contributed by atoms with van der Waals surface area (Å²) in [5, 5.41) is 11.3. The molecule has 2 aromatic carbocycles. The highest BCUT2D eigenvalue weighted by atomic mass is 19.1. The fourth-order valence-electron chi connectivity index (χ4n) is 6.09. The molecular formula is C27H25FN2O3. The second kappa shape index (κ2) is 7.66. The summed E-state index contributed by atoms with van der Waals surface area (Å²) in [5.74, 6) is -0.452. The van der Waals surface area contributed by atoms with E-state index in [2.05, 4.69) is 29.2 Å². The van der Waals surface area contributed by atoms with Gasteiger partial charge >= 0.3 is 6.09 Å². The van der Waals surface area contributed by atoms with Crippen molar-refractivity contribution in [3.8, 4) is 11.1 Å². The van der Waals surface area contributed by atoms with Gasteiger partial charge in [-0.05, 0) is 41.2 Å². The van der Waals surface area contributed by atoms with Crippen LogP contribution in [0.2, 0.25) is 0 Å². The fourth-order valence-corrected chi connectivity index (χ4v) is 6.09. The highest BCUT2D eigenvalue weighted by Crippen LogP contribution is 2.47. The number of hydrogen-bond donors (Lipinski definition) is 1. The molecule has 2 saturated heterocycles. The number of halogens is 1. The van der Waals surface area contributed by atoms with Crippen LogP contribution in [0.4, 0.5) is 9.18 Å². The van der Waals surface area contributed by atoms with Gasteiger partial charge in [-0.25, -0.2) is 9.18 Å². The SMILES string of the molecule is O=C(OCC1c2ccccc2-c2ccccc21)N1C2CCC1CC(O)(c1cncc(F)c1)C2. The van der Waals surface area contributed by atoms with Crippen LogP contribution in [0.5, 0.6) is 0 Å². The second-order valence-electron chi connectivity index (χ2n) is 9.43. The molecule has 1 amide bonds. The number of fused-ring (bicyclic) bond motifs is 5. The number of pyridine rings is 1. The van der Waals surface area contributed by atoms with Gasteiger partial charge < -0.3 is 14.7 Å². The van der Waals surface area contributed by atoms with Crippen LogP contribution in [0.3, 0.4) is 0 Å². The Morgan fingerprint density at radius 2 is 1.64 bits per heavy atom. The van der Waals surface area contributed by atoms with Gasteiger partial charge in [0.1, 0.15) is 12.4 Å². The first-order valence-electron chi connectivity index (χ1n) is 11.5. The zero-order chi connectivity index (χ0) is 22.6. The van der Waals surface area contributed by atoms with Gasteiger partial charge in [0, 0.05) is 42.6 Å². The minimum absolute atomic E-state index is 0.0131.